The highest BCUT2D eigenvalue weighted by Crippen LogP contribution is 2.33. The summed E-state index contributed by atoms with van der Waals surface area (Å²) in [5, 5.41) is 2.22. The van der Waals surface area contributed by atoms with Crippen LogP contribution in [0.25, 0.3) is 10.8 Å². The number of thioether (sulfide) groups is 1. The third-order valence-corrected chi connectivity index (χ3v) is 6.16. The Balaban J connectivity index is 1.58. The average molecular weight is 459 g/mol. The van der Waals surface area contributed by atoms with Crippen molar-refractivity contribution in [3.63, 3.8) is 0 Å². The summed E-state index contributed by atoms with van der Waals surface area (Å²) in [7, 11) is 0. The standard InChI is InChI=1S/C24H21F3N2O2S/c1-2-31-20-11-10-17-7-3-4-9-19(17)21(20)22(30)29-13-12-28-23(29)32-15-16-6-5-8-18(14-16)24(25,26)27/h3-11,14H,2,12-13,15H2,1H3. The van der Waals surface area contributed by atoms with E-state index in [1.54, 1.807) is 17.0 Å². The minimum Gasteiger partial charge on any atom is -0.493 e. The molecule has 8 heteroatoms. The summed E-state index contributed by atoms with van der Waals surface area (Å²) in [6.07, 6.45) is -4.39. The number of hydrogen-bond acceptors (Lipinski definition) is 4. The highest BCUT2D eigenvalue weighted by atomic mass is 32.2. The molecule has 0 unspecified atom stereocenters. The molecule has 0 atom stereocenters. The molecule has 3 aromatic carbocycles. The summed E-state index contributed by atoms with van der Waals surface area (Å²) in [6, 6.07) is 16.5. The summed E-state index contributed by atoms with van der Waals surface area (Å²) in [5.74, 6) is 0.559. The van der Waals surface area contributed by atoms with E-state index in [1.807, 2.05) is 37.3 Å². The number of hydrogen-bond donors (Lipinski definition) is 0. The Labute approximate surface area is 188 Å². The van der Waals surface area contributed by atoms with E-state index in [1.165, 1.54) is 17.8 Å². The largest absolute Gasteiger partial charge is 0.493 e. The van der Waals surface area contributed by atoms with E-state index in [0.29, 0.717) is 41.7 Å². The van der Waals surface area contributed by atoms with Gasteiger partial charge in [0.05, 0.1) is 24.3 Å². The van der Waals surface area contributed by atoms with Crippen LogP contribution >= 0.6 is 11.8 Å². The van der Waals surface area contributed by atoms with Crippen LogP contribution in [0.2, 0.25) is 0 Å². The number of benzene rings is 3. The van der Waals surface area contributed by atoms with Gasteiger partial charge in [-0.25, -0.2) is 0 Å². The van der Waals surface area contributed by atoms with Crippen molar-refractivity contribution < 1.29 is 22.7 Å². The number of rotatable bonds is 5. The summed E-state index contributed by atoms with van der Waals surface area (Å²) < 4.78 is 44.7. The number of alkyl halides is 3. The second kappa shape index (κ2) is 9.24. The van der Waals surface area contributed by atoms with Crippen molar-refractivity contribution >= 4 is 33.6 Å². The molecule has 0 spiro atoms. The van der Waals surface area contributed by atoms with E-state index < -0.39 is 11.7 Å². The molecule has 0 fully saturated rings. The van der Waals surface area contributed by atoms with Crippen LogP contribution < -0.4 is 4.74 Å². The summed E-state index contributed by atoms with van der Waals surface area (Å²) >= 11 is 1.26. The number of nitrogens with zero attached hydrogens (tertiary/aromatic N) is 2. The molecule has 0 saturated carbocycles. The Bertz CT molecular complexity index is 1180. The molecule has 1 amide bonds. The van der Waals surface area contributed by atoms with Crippen molar-refractivity contribution in [1.29, 1.82) is 0 Å². The molecule has 166 valence electrons. The molecule has 4 nitrogen and oxygen atoms in total. The second-order valence-electron chi connectivity index (χ2n) is 7.20. The van der Waals surface area contributed by atoms with Crippen LogP contribution in [0.15, 0.2) is 65.7 Å². The molecule has 1 heterocycles. The fourth-order valence-corrected chi connectivity index (χ4v) is 4.59. The molecule has 0 N–H and O–H groups in total. The van der Waals surface area contributed by atoms with E-state index in [0.717, 1.165) is 22.9 Å². The average Bonchev–Trinajstić information content (AvgIpc) is 3.26. The van der Waals surface area contributed by atoms with E-state index in [9.17, 15) is 18.0 Å². The first-order valence-corrected chi connectivity index (χ1v) is 11.2. The molecule has 0 aromatic heterocycles. The van der Waals surface area contributed by atoms with Gasteiger partial charge in [-0.2, -0.15) is 13.2 Å². The van der Waals surface area contributed by atoms with Gasteiger partial charge in [0.15, 0.2) is 5.17 Å². The molecule has 0 saturated heterocycles. The van der Waals surface area contributed by atoms with Crippen LogP contribution in [0.4, 0.5) is 13.2 Å². The maximum absolute atomic E-state index is 13.6. The zero-order valence-electron chi connectivity index (χ0n) is 17.4. The van der Waals surface area contributed by atoms with Gasteiger partial charge in [-0.05, 0) is 35.4 Å². The van der Waals surface area contributed by atoms with Crippen molar-refractivity contribution in [1.82, 2.24) is 4.90 Å². The number of carbonyl (C=O) groups excluding carboxylic acids is 1. The number of ether oxygens (including phenoxy) is 1. The van der Waals surface area contributed by atoms with Gasteiger partial charge in [-0.15, -0.1) is 0 Å². The van der Waals surface area contributed by atoms with Crippen molar-refractivity contribution in [2.24, 2.45) is 4.99 Å². The Morgan fingerprint density at radius 2 is 1.94 bits per heavy atom. The smallest absolute Gasteiger partial charge is 0.416 e. The van der Waals surface area contributed by atoms with E-state index in [2.05, 4.69) is 4.99 Å². The lowest BCUT2D eigenvalue weighted by Crippen LogP contribution is -2.33. The van der Waals surface area contributed by atoms with Crippen LogP contribution in [0, 0.1) is 0 Å². The lowest BCUT2D eigenvalue weighted by Gasteiger charge is -2.21. The zero-order valence-corrected chi connectivity index (χ0v) is 18.2. The van der Waals surface area contributed by atoms with Crippen LogP contribution in [-0.4, -0.2) is 35.7 Å². The molecular formula is C24H21F3N2O2S. The number of halogens is 3. The normalized spacial score (nSPS) is 14.0. The predicted molar refractivity (Wildman–Crippen MR) is 121 cm³/mol. The quantitative estimate of drug-likeness (QED) is 0.471. The molecule has 4 rings (SSSR count). The topological polar surface area (TPSA) is 41.9 Å². The molecule has 1 aliphatic heterocycles. The minimum absolute atomic E-state index is 0.224. The maximum atomic E-state index is 13.6. The molecular weight excluding hydrogens is 437 g/mol. The minimum atomic E-state index is -4.39. The van der Waals surface area contributed by atoms with Gasteiger partial charge >= 0.3 is 6.18 Å². The van der Waals surface area contributed by atoms with Crippen molar-refractivity contribution in [2.75, 3.05) is 19.7 Å². The van der Waals surface area contributed by atoms with Crippen molar-refractivity contribution in [2.45, 2.75) is 18.9 Å². The van der Waals surface area contributed by atoms with Crippen LogP contribution in [-0.2, 0) is 11.9 Å². The summed E-state index contributed by atoms with van der Waals surface area (Å²) in [4.78, 5) is 19.6. The van der Waals surface area contributed by atoms with Gasteiger partial charge < -0.3 is 4.74 Å². The predicted octanol–water partition coefficient (Wildman–Crippen LogP) is 6.00. The van der Waals surface area contributed by atoms with Crippen molar-refractivity contribution in [3.8, 4) is 5.75 Å². The lowest BCUT2D eigenvalue weighted by atomic mass is 10.0. The molecule has 1 aliphatic rings. The second-order valence-corrected chi connectivity index (χ2v) is 8.14. The van der Waals surface area contributed by atoms with Crippen LogP contribution in [0.5, 0.6) is 5.75 Å². The molecule has 0 bridgehead atoms. The highest BCUT2D eigenvalue weighted by Gasteiger charge is 2.31. The Kier molecular flexibility index (Phi) is 6.41. The highest BCUT2D eigenvalue weighted by molar-refractivity contribution is 8.13. The zero-order chi connectivity index (χ0) is 22.7. The number of amides is 1. The fourth-order valence-electron chi connectivity index (χ4n) is 3.61. The SMILES string of the molecule is CCOc1ccc2ccccc2c1C(=O)N1CCN=C1SCc1cccc(C(F)(F)F)c1. The van der Waals surface area contributed by atoms with Gasteiger partial charge in [-0.3, -0.25) is 14.7 Å². The van der Waals surface area contributed by atoms with Gasteiger partial charge in [0.25, 0.3) is 5.91 Å². The fraction of sp³-hybridized carbons (Fsp3) is 0.250. The first kappa shape index (κ1) is 22.2. The molecule has 0 aliphatic carbocycles. The van der Waals surface area contributed by atoms with Crippen LogP contribution in [0.1, 0.15) is 28.4 Å². The van der Waals surface area contributed by atoms with Crippen LogP contribution in [0.3, 0.4) is 0 Å². The number of aliphatic imine (C=N–C) groups is 1. The Morgan fingerprint density at radius 3 is 2.72 bits per heavy atom. The molecule has 0 radical (unpaired) electrons. The number of carbonyl (C=O) groups is 1. The summed E-state index contributed by atoms with van der Waals surface area (Å²) in [6.45, 7) is 3.14. The number of amidine groups is 1. The lowest BCUT2D eigenvalue weighted by molar-refractivity contribution is -0.137. The van der Waals surface area contributed by atoms with E-state index >= 15 is 0 Å². The van der Waals surface area contributed by atoms with Gasteiger partial charge in [-0.1, -0.05) is 60.3 Å². The van der Waals surface area contributed by atoms with Gasteiger partial charge in [0, 0.05) is 12.3 Å². The third-order valence-electron chi connectivity index (χ3n) is 5.07. The Hall–Kier alpha value is -3.00. The van der Waals surface area contributed by atoms with Gasteiger partial charge in [0.1, 0.15) is 5.75 Å². The first-order chi connectivity index (χ1) is 15.4. The first-order valence-electron chi connectivity index (χ1n) is 10.2. The molecule has 3 aromatic rings. The Morgan fingerprint density at radius 1 is 1.12 bits per heavy atom. The van der Waals surface area contributed by atoms with Gasteiger partial charge in [0.2, 0.25) is 0 Å². The number of fused-ring (bicyclic) bond motifs is 1. The van der Waals surface area contributed by atoms with E-state index in [4.69, 9.17) is 4.74 Å². The summed E-state index contributed by atoms with van der Waals surface area (Å²) in [5.41, 5.74) is 0.306. The third kappa shape index (κ3) is 4.60. The van der Waals surface area contributed by atoms with Crippen molar-refractivity contribution in [3.05, 3.63) is 77.4 Å². The maximum Gasteiger partial charge on any atom is 0.416 e. The molecule has 32 heavy (non-hydrogen) atoms. The monoisotopic (exact) mass is 458 g/mol. The van der Waals surface area contributed by atoms with E-state index in [-0.39, 0.29) is 11.7 Å².